The minimum absolute atomic E-state index is 0.0312. The highest BCUT2D eigenvalue weighted by atomic mass is 35.5. The summed E-state index contributed by atoms with van der Waals surface area (Å²) in [6, 6.07) is 13.7. The topological polar surface area (TPSA) is 90.9 Å². The lowest BCUT2D eigenvalue weighted by Gasteiger charge is -2.25. The molecule has 154 valence electrons. The largest absolute Gasteiger partial charge is 0.384 e. The third-order valence-corrected chi connectivity index (χ3v) is 7.90. The highest BCUT2D eigenvalue weighted by molar-refractivity contribution is 7.92. The summed E-state index contributed by atoms with van der Waals surface area (Å²) in [6.07, 6.45) is 5.25. The standard InChI is InChI=1S/C22H21ClN4O2S/c23-14-10-12-16(13-11-14)30(28,29)20-19-22(26-18-9-5-4-8-17(18)25-19)27(21(20)24)15-6-2-1-3-7-15/h4-5,8-13,15H,1-3,6-7,24H2. The number of aromatic nitrogens is 3. The van der Waals surface area contributed by atoms with Crippen LogP contribution in [0.5, 0.6) is 0 Å². The molecule has 0 amide bonds. The number of nitrogens with two attached hydrogens (primary N) is 1. The van der Waals surface area contributed by atoms with E-state index in [1.807, 2.05) is 28.8 Å². The molecule has 0 spiro atoms. The van der Waals surface area contributed by atoms with Crippen molar-refractivity contribution in [2.45, 2.75) is 47.9 Å². The second-order valence-electron chi connectivity index (χ2n) is 7.72. The van der Waals surface area contributed by atoms with Crippen LogP contribution < -0.4 is 5.73 Å². The molecule has 0 atom stereocenters. The highest BCUT2D eigenvalue weighted by Gasteiger charge is 2.32. The summed E-state index contributed by atoms with van der Waals surface area (Å²) >= 11 is 5.96. The minimum atomic E-state index is -3.91. The number of hydrogen-bond acceptors (Lipinski definition) is 5. The number of sulfone groups is 1. The normalized spacial score (nSPS) is 15.8. The van der Waals surface area contributed by atoms with Crippen LogP contribution in [0.1, 0.15) is 38.1 Å². The Morgan fingerprint density at radius 3 is 2.23 bits per heavy atom. The number of rotatable bonds is 3. The van der Waals surface area contributed by atoms with E-state index in [1.54, 1.807) is 12.1 Å². The fraction of sp³-hybridized carbons (Fsp3) is 0.273. The van der Waals surface area contributed by atoms with E-state index in [1.165, 1.54) is 18.6 Å². The first-order valence-corrected chi connectivity index (χ1v) is 11.9. The van der Waals surface area contributed by atoms with Crippen LogP contribution in [0.3, 0.4) is 0 Å². The maximum atomic E-state index is 13.6. The number of nitrogens with zero attached hydrogens (tertiary/aromatic N) is 3. The summed E-state index contributed by atoms with van der Waals surface area (Å²) in [6.45, 7) is 0. The van der Waals surface area contributed by atoms with Crippen LogP contribution >= 0.6 is 11.6 Å². The second kappa shape index (κ2) is 7.25. The molecule has 0 saturated heterocycles. The van der Waals surface area contributed by atoms with Gasteiger partial charge in [-0.1, -0.05) is 43.0 Å². The van der Waals surface area contributed by atoms with Crippen LogP contribution in [-0.2, 0) is 9.84 Å². The van der Waals surface area contributed by atoms with Crippen molar-refractivity contribution in [3.8, 4) is 0 Å². The van der Waals surface area contributed by atoms with Gasteiger partial charge in [0, 0.05) is 11.1 Å². The molecule has 0 bridgehead atoms. The second-order valence-corrected chi connectivity index (χ2v) is 10.0. The predicted octanol–water partition coefficient (Wildman–Crippen LogP) is 5.16. The van der Waals surface area contributed by atoms with Crippen molar-refractivity contribution in [2.24, 2.45) is 0 Å². The van der Waals surface area contributed by atoms with Crippen molar-refractivity contribution in [2.75, 3.05) is 5.73 Å². The zero-order valence-corrected chi connectivity index (χ0v) is 17.8. The van der Waals surface area contributed by atoms with Crippen molar-refractivity contribution < 1.29 is 8.42 Å². The Kier molecular flexibility index (Phi) is 4.67. The van der Waals surface area contributed by atoms with Crippen molar-refractivity contribution in [1.29, 1.82) is 0 Å². The van der Waals surface area contributed by atoms with E-state index in [-0.39, 0.29) is 21.7 Å². The molecule has 4 aromatic rings. The average molecular weight is 441 g/mol. The molecular formula is C22H21ClN4O2S. The van der Waals surface area contributed by atoms with Gasteiger partial charge in [0.05, 0.1) is 15.9 Å². The van der Waals surface area contributed by atoms with Gasteiger partial charge in [-0.05, 0) is 49.2 Å². The van der Waals surface area contributed by atoms with Crippen molar-refractivity contribution in [3.63, 3.8) is 0 Å². The first-order chi connectivity index (χ1) is 14.5. The van der Waals surface area contributed by atoms with Crippen LogP contribution in [-0.4, -0.2) is 23.0 Å². The van der Waals surface area contributed by atoms with Crippen molar-refractivity contribution in [1.82, 2.24) is 14.5 Å². The van der Waals surface area contributed by atoms with Gasteiger partial charge in [-0.25, -0.2) is 18.4 Å². The highest BCUT2D eigenvalue weighted by Crippen LogP contribution is 2.40. The third-order valence-electron chi connectivity index (χ3n) is 5.82. The number of anilines is 1. The number of para-hydroxylation sites is 2. The molecule has 1 aliphatic carbocycles. The molecule has 30 heavy (non-hydrogen) atoms. The lowest BCUT2D eigenvalue weighted by molar-refractivity contribution is 0.362. The molecule has 0 radical (unpaired) electrons. The smallest absolute Gasteiger partial charge is 0.212 e. The van der Waals surface area contributed by atoms with Crippen LogP contribution in [0.4, 0.5) is 5.82 Å². The monoisotopic (exact) mass is 440 g/mol. The van der Waals surface area contributed by atoms with E-state index in [2.05, 4.69) is 0 Å². The van der Waals surface area contributed by atoms with Crippen molar-refractivity contribution >= 4 is 49.5 Å². The Morgan fingerprint density at radius 2 is 1.57 bits per heavy atom. The molecule has 2 heterocycles. The molecule has 2 aromatic carbocycles. The zero-order valence-electron chi connectivity index (χ0n) is 16.3. The third kappa shape index (κ3) is 3.04. The van der Waals surface area contributed by atoms with Gasteiger partial charge in [0.15, 0.2) is 5.65 Å². The van der Waals surface area contributed by atoms with E-state index in [0.29, 0.717) is 21.7 Å². The number of nitrogen functional groups attached to an aromatic ring is 1. The van der Waals surface area contributed by atoms with E-state index >= 15 is 0 Å². The molecule has 2 N–H and O–H groups in total. The lowest BCUT2D eigenvalue weighted by Crippen LogP contribution is -2.16. The summed E-state index contributed by atoms with van der Waals surface area (Å²) < 4.78 is 29.1. The van der Waals surface area contributed by atoms with E-state index in [0.717, 1.165) is 31.2 Å². The van der Waals surface area contributed by atoms with Gasteiger partial charge < -0.3 is 10.3 Å². The van der Waals surface area contributed by atoms with E-state index in [9.17, 15) is 8.42 Å². The number of halogens is 1. The van der Waals surface area contributed by atoms with Crippen LogP contribution in [0.25, 0.3) is 22.2 Å². The summed E-state index contributed by atoms with van der Waals surface area (Å²) in [5.41, 5.74) is 8.75. The summed E-state index contributed by atoms with van der Waals surface area (Å²) in [5.74, 6) is 0.210. The number of hydrogen-bond donors (Lipinski definition) is 1. The maximum Gasteiger partial charge on any atom is 0.212 e. The molecule has 0 aliphatic heterocycles. The summed E-state index contributed by atoms with van der Waals surface area (Å²) in [7, 11) is -3.91. The Morgan fingerprint density at radius 1 is 0.933 bits per heavy atom. The minimum Gasteiger partial charge on any atom is -0.384 e. The van der Waals surface area contributed by atoms with Crippen molar-refractivity contribution in [3.05, 3.63) is 53.6 Å². The quantitative estimate of drug-likeness (QED) is 0.475. The average Bonchev–Trinajstić information content (AvgIpc) is 3.04. The Hall–Kier alpha value is -2.64. The molecule has 1 fully saturated rings. The van der Waals surface area contributed by atoms with Crippen LogP contribution in [0, 0.1) is 0 Å². The molecular weight excluding hydrogens is 420 g/mol. The lowest BCUT2D eigenvalue weighted by atomic mass is 9.95. The van der Waals surface area contributed by atoms with Gasteiger partial charge >= 0.3 is 0 Å². The van der Waals surface area contributed by atoms with Gasteiger partial charge in [0.1, 0.15) is 16.2 Å². The van der Waals surface area contributed by atoms with E-state index < -0.39 is 9.84 Å². The molecule has 1 saturated carbocycles. The summed E-state index contributed by atoms with van der Waals surface area (Å²) in [4.78, 5) is 9.65. The Balaban J connectivity index is 1.83. The SMILES string of the molecule is Nc1c(S(=O)(=O)c2ccc(Cl)cc2)c2nc3ccccc3nc2n1C1CCCCC1. The van der Waals surface area contributed by atoms with Gasteiger partial charge in [0.2, 0.25) is 9.84 Å². The number of fused-ring (bicyclic) bond motifs is 2. The molecule has 0 unspecified atom stereocenters. The maximum absolute atomic E-state index is 13.6. The fourth-order valence-electron chi connectivity index (χ4n) is 4.36. The predicted molar refractivity (Wildman–Crippen MR) is 118 cm³/mol. The van der Waals surface area contributed by atoms with E-state index in [4.69, 9.17) is 27.3 Å². The zero-order chi connectivity index (χ0) is 20.9. The summed E-state index contributed by atoms with van der Waals surface area (Å²) in [5, 5.41) is 0.470. The Bertz CT molecular complexity index is 1360. The van der Waals surface area contributed by atoms with Gasteiger partial charge in [-0.3, -0.25) is 0 Å². The van der Waals surface area contributed by atoms with Gasteiger partial charge in [-0.15, -0.1) is 0 Å². The van der Waals surface area contributed by atoms with Gasteiger partial charge in [0.25, 0.3) is 0 Å². The fourth-order valence-corrected chi connectivity index (χ4v) is 5.98. The first kappa shape index (κ1) is 19.3. The molecule has 5 rings (SSSR count). The first-order valence-electron chi connectivity index (χ1n) is 10.0. The van der Waals surface area contributed by atoms with Gasteiger partial charge in [-0.2, -0.15) is 0 Å². The molecule has 1 aliphatic rings. The Labute approximate surface area is 179 Å². The van der Waals surface area contributed by atoms with Crippen LogP contribution in [0.15, 0.2) is 58.3 Å². The number of benzene rings is 2. The van der Waals surface area contributed by atoms with Crippen LogP contribution in [0.2, 0.25) is 5.02 Å². The molecule has 8 heteroatoms. The molecule has 6 nitrogen and oxygen atoms in total. The molecule has 2 aromatic heterocycles.